The maximum absolute atomic E-state index is 12.1. The first-order chi connectivity index (χ1) is 9.63. The molecule has 21 heavy (non-hydrogen) atoms. The smallest absolute Gasteiger partial charge is 0.346 e. The molecular weight excluding hydrogens is 338 g/mol. The van der Waals surface area contributed by atoms with E-state index in [1.54, 1.807) is 0 Å². The number of hydrogen-bond donors (Lipinski definition) is 2. The van der Waals surface area contributed by atoms with Crippen LogP contribution in [-0.4, -0.2) is 45.5 Å². The Hall–Kier alpha value is -0.970. The average molecular weight is 353 g/mol. The number of carboxylic acid groups (broad SMARTS) is 1. The number of sulfone groups is 1. The SMILES string of the molecule is Cc1cc(S(=O)(=O)NCC2CCCS2(=O)=O)sc1C(=O)O. The minimum Gasteiger partial charge on any atom is -0.477 e. The zero-order valence-corrected chi connectivity index (χ0v) is 13.6. The predicted octanol–water partition coefficient (Wildman–Crippen LogP) is 0.610. The van der Waals surface area contributed by atoms with Gasteiger partial charge in [-0.15, -0.1) is 11.3 Å². The van der Waals surface area contributed by atoms with E-state index in [0.717, 1.165) is 0 Å². The summed E-state index contributed by atoms with van der Waals surface area (Å²) in [5, 5.41) is 8.23. The van der Waals surface area contributed by atoms with E-state index in [4.69, 9.17) is 5.11 Å². The molecule has 2 rings (SSSR count). The van der Waals surface area contributed by atoms with Gasteiger partial charge in [0, 0.05) is 6.54 Å². The van der Waals surface area contributed by atoms with Gasteiger partial charge in [0.25, 0.3) is 0 Å². The molecule has 0 saturated carbocycles. The first-order valence-corrected chi connectivity index (χ1v) is 10.2. The largest absolute Gasteiger partial charge is 0.477 e. The van der Waals surface area contributed by atoms with Gasteiger partial charge in [0.05, 0.1) is 11.0 Å². The fourth-order valence-electron chi connectivity index (χ4n) is 2.16. The summed E-state index contributed by atoms with van der Waals surface area (Å²) in [6.07, 6.45) is 0.977. The van der Waals surface area contributed by atoms with E-state index in [9.17, 15) is 21.6 Å². The van der Waals surface area contributed by atoms with Gasteiger partial charge in [-0.25, -0.2) is 26.4 Å². The maximum Gasteiger partial charge on any atom is 0.346 e. The second-order valence-corrected chi connectivity index (χ2v) is 10.3. The fraction of sp³-hybridized carbons (Fsp3) is 0.545. The van der Waals surface area contributed by atoms with Crippen LogP contribution in [0.25, 0.3) is 0 Å². The molecule has 2 N–H and O–H groups in total. The molecule has 118 valence electrons. The maximum atomic E-state index is 12.1. The van der Waals surface area contributed by atoms with Crippen LogP contribution in [0, 0.1) is 6.92 Å². The summed E-state index contributed by atoms with van der Waals surface area (Å²) >= 11 is 0.657. The summed E-state index contributed by atoms with van der Waals surface area (Å²) in [6, 6.07) is 1.28. The van der Waals surface area contributed by atoms with Gasteiger partial charge < -0.3 is 5.11 Å². The second-order valence-electron chi connectivity index (χ2n) is 4.87. The molecule has 0 aromatic carbocycles. The lowest BCUT2D eigenvalue weighted by Crippen LogP contribution is -2.34. The van der Waals surface area contributed by atoms with Crippen LogP contribution < -0.4 is 4.72 Å². The number of nitrogens with one attached hydrogen (secondary N) is 1. The minimum atomic E-state index is -3.89. The summed E-state index contributed by atoms with van der Waals surface area (Å²) in [5.41, 5.74) is 0.362. The van der Waals surface area contributed by atoms with Crippen molar-refractivity contribution in [3.8, 4) is 0 Å². The van der Waals surface area contributed by atoms with Gasteiger partial charge in [0.15, 0.2) is 9.84 Å². The zero-order valence-electron chi connectivity index (χ0n) is 11.2. The molecule has 10 heteroatoms. The highest BCUT2D eigenvalue weighted by atomic mass is 32.2. The van der Waals surface area contributed by atoms with Gasteiger partial charge in [-0.3, -0.25) is 0 Å². The fourth-order valence-corrected chi connectivity index (χ4v) is 6.53. The van der Waals surface area contributed by atoms with E-state index < -0.39 is 31.1 Å². The van der Waals surface area contributed by atoms with Crippen LogP contribution in [-0.2, 0) is 19.9 Å². The number of hydrogen-bond acceptors (Lipinski definition) is 6. The third-order valence-corrected chi connectivity index (χ3v) is 8.72. The van der Waals surface area contributed by atoms with E-state index >= 15 is 0 Å². The third-order valence-electron chi connectivity index (χ3n) is 3.32. The Morgan fingerprint density at radius 3 is 2.67 bits per heavy atom. The highest BCUT2D eigenvalue weighted by Crippen LogP contribution is 2.26. The van der Waals surface area contributed by atoms with Crippen molar-refractivity contribution in [1.29, 1.82) is 0 Å². The van der Waals surface area contributed by atoms with Crippen LogP contribution in [0.15, 0.2) is 10.3 Å². The lowest BCUT2D eigenvalue weighted by molar-refractivity contribution is 0.0701. The van der Waals surface area contributed by atoms with Crippen LogP contribution >= 0.6 is 11.3 Å². The van der Waals surface area contributed by atoms with Crippen molar-refractivity contribution in [2.45, 2.75) is 29.2 Å². The molecular formula is C11H15NO6S3. The van der Waals surface area contributed by atoms with E-state index in [2.05, 4.69) is 4.72 Å². The van der Waals surface area contributed by atoms with E-state index in [-0.39, 0.29) is 21.4 Å². The van der Waals surface area contributed by atoms with Crippen LogP contribution in [0.4, 0.5) is 0 Å². The molecule has 7 nitrogen and oxygen atoms in total. The predicted molar refractivity (Wildman–Crippen MR) is 78.0 cm³/mol. The van der Waals surface area contributed by atoms with Crippen LogP contribution in [0.5, 0.6) is 0 Å². The van der Waals surface area contributed by atoms with Gasteiger partial charge in [-0.05, 0) is 31.4 Å². The quantitative estimate of drug-likeness (QED) is 0.801. The van der Waals surface area contributed by atoms with Crippen LogP contribution in [0.1, 0.15) is 28.1 Å². The molecule has 0 bridgehead atoms. The lowest BCUT2D eigenvalue weighted by Gasteiger charge is -2.10. The molecule has 1 aliphatic rings. The molecule has 0 spiro atoms. The van der Waals surface area contributed by atoms with E-state index in [1.165, 1.54) is 13.0 Å². The first kappa shape index (κ1) is 16.4. The molecule has 1 aliphatic heterocycles. The van der Waals surface area contributed by atoms with Crippen LogP contribution in [0.2, 0.25) is 0 Å². The van der Waals surface area contributed by atoms with Crippen LogP contribution in [0.3, 0.4) is 0 Å². The topological polar surface area (TPSA) is 118 Å². The summed E-state index contributed by atoms with van der Waals surface area (Å²) in [4.78, 5) is 10.9. The number of rotatable bonds is 5. The van der Waals surface area contributed by atoms with E-state index in [1.807, 2.05) is 0 Å². The summed E-state index contributed by atoms with van der Waals surface area (Å²) < 4.78 is 49.6. The third kappa shape index (κ3) is 3.44. The molecule has 0 amide bonds. The van der Waals surface area contributed by atoms with Gasteiger partial charge in [0.2, 0.25) is 10.0 Å². The van der Waals surface area contributed by atoms with Crippen molar-refractivity contribution in [3.63, 3.8) is 0 Å². The van der Waals surface area contributed by atoms with Crippen molar-refractivity contribution < 1.29 is 26.7 Å². The van der Waals surface area contributed by atoms with Gasteiger partial charge in [0.1, 0.15) is 9.09 Å². The summed E-state index contributed by atoms with van der Waals surface area (Å²) in [7, 11) is -7.12. The molecule has 1 fully saturated rings. The second kappa shape index (κ2) is 5.67. The number of carboxylic acids is 1. The molecule has 1 aromatic heterocycles. The number of aryl methyl sites for hydroxylation is 1. The highest BCUT2D eigenvalue weighted by Gasteiger charge is 2.32. The standard InChI is InChI=1S/C11H15NO6S3/c1-7-5-9(19-10(7)11(13)14)21(17,18)12-6-8-3-2-4-20(8,15)16/h5,8,12H,2-4,6H2,1H3,(H,13,14). The van der Waals surface area contributed by atoms with Crippen molar-refractivity contribution in [3.05, 3.63) is 16.5 Å². The lowest BCUT2D eigenvalue weighted by atomic mass is 10.2. The Morgan fingerprint density at radius 2 is 2.19 bits per heavy atom. The summed E-state index contributed by atoms with van der Waals surface area (Å²) in [6.45, 7) is 1.34. The Bertz CT molecular complexity index is 762. The normalized spacial score (nSPS) is 21.5. The Balaban J connectivity index is 2.16. The molecule has 2 heterocycles. The zero-order chi connectivity index (χ0) is 15.8. The Morgan fingerprint density at radius 1 is 1.52 bits per heavy atom. The average Bonchev–Trinajstić information content (AvgIpc) is 2.90. The molecule has 0 aliphatic carbocycles. The Labute approximate surface area is 127 Å². The highest BCUT2D eigenvalue weighted by molar-refractivity contribution is 7.93. The van der Waals surface area contributed by atoms with Crippen molar-refractivity contribution in [1.82, 2.24) is 4.72 Å². The minimum absolute atomic E-state index is 0.0381. The number of sulfonamides is 1. The molecule has 1 unspecified atom stereocenters. The van der Waals surface area contributed by atoms with Gasteiger partial charge in [-0.1, -0.05) is 0 Å². The number of thiophene rings is 1. The molecule has 1 saturated heterocycles. The molecule has 0 radical (unpaired) electrons. The first-order valence-electron chi connectivity index (χ1n) is 6.18. The molecule has 1 atom stereocenters. The molecule has 1 aromatic rings. The van der Waals surface area contributed by atoms with Crippen molar-refractivity contribution >= 4 is 37.2 Å². The van der Waals surface area contributed by atoms with Crippen molar-refractivity contribution in [2.75, 3.05) is 12.3 Å². The monoisotopic (exact) mass is 353 g/mol. The van der Waals surface area contributed by atoms with Gasteiger partial charge >= 0.3 is 5.97 Å². The van der Waals surface area contributed by atoms with E-state index in [0.29, 0.717) is 29.7 Å². The Kier molecular flexibility index (Phi) is 4.43. The summed E-state index contributed by atoms with van der Waals surface area (Å²) in [5.74, 6) is -1.10. The van der Waals surface area contributed by atoms with Crippen molar-refractivity contribution in [2.24, 2.45) is 0 Å². The number of aromatic carboxylic acids is 1. The van der Waals surface area contributed by atoms with Gasteiger partial charge in [-0.2, -0.15) is 0 Å². The number of carbonyl (C=O) groups is 1.